The molecule has 0 saturated carbocycles. The molecule has 1 amide bonds. The summed E-state index contributed by atoms with van der Waals surface area (Å²) in [4.78, 5) is 31.7. The van der Waals surface area contributed by atoms with Crippen LogP contribution in [0.1, 0.15) is 42.3 Å². The second kappa shape index (κ2) is 7.12. The number of hydrogen-bond donors (Lipinski definition) is 2. The number of aryl methyl sites for hydroxylation is 2. The fourth-order valence-corrected chi connectivity index (χ4v) is 3.66. The van der Waals surface area contributed by atoms with Crippen molar-refractivity contribution in [1.82, 2.24) is 15.3 Å². The number of carbonyl (C=O) groups is 1. The first-order valence-electron chi connectivity index (χ1n) is 9.06. The van der Waals surface area contributed by atoms with E-state index in [2.05, 4.69) is 27.4 Å². The summed E-state index contributed by atoms with van der Waals surface area (Å²) in [6.07, 6.45) is 3.85. The van der Waals surface area contributed by atoms with Gasteiger partial charge in [0.05, 0.1) is 16.9 Å². The van der Waals surface area contributed by atoms with E-state index in [1.807, 2.05) is 30.3 Å². The molecule has 1 heterocycles. The Morgan fingerprint density at radius 1 is 1.15 bits per heavy atom. The van der Waals surface area contributed by atoms with E-state index in [-0.39, 0.29) is 17.5 Å². The largest absolute Gasteiger partial charge is 0.349 e. The highest BCUT2D eigenvalue weighted by molar-refractivity contribution is 5.78. The van der Waals surface area contributed by atoms with Crippen molar-refractivity contribution < 1.29 is 4.79 Å². The van der Waals surface area contributed by atoms with Crippen molar-refractivity contribution >= 4 is 16.8 Å². The van der Waals surface area contributed by atoms with Crippen LogP contribution in [0.2, 0.25) is 0 Å². The highest BCUT2D eigenvalue weighted by Crippen LogP contribution is 2.29. The third-order valence-corrected chi connectivity index (χ3v) is 4.96. The molecule has 132 valence electrons. The first kappa shape index (κ1) is 16.5. The number of carbonyl (C=O) groups excluding carboxylic acids is 1. The SMILES string of the molecule is O=C(CCc1nc2ccccc2c(=O)[nH]1)N[C@@H]1CCCc2ccccc21. The number of nitrogens with zero attached hydrogens (tertiary/aromatic N) is 1. The molecule has 0 bridgehead atoms. The number of nitrogens with one attached hydrogen (secondary N) is 2. The van der Waals surface area contributed by atoms with Gasteiger partial charge in [0.15, 0.2) is 0 Å². The van der Waals surface area contributed by atoms with Gasteiger partial charge in [-0.15, -0.1) is 0 Å². The Labute approximate surface area is 151 Å². The molecule has 2 aromatic carbocycles. The zero-order valence-corrected chi connectivity index (χ0v) is 14.5. The van der Waals surface area contributed by atoms with Crippen molar-refractivity contribution in [2.45, 2.75) is 38.1 Å². The Morgan fingerprint density at radius 3 is 2.88 bits per heavy atom. The molecule has 4 rings (SSSR count). The van der Waals surface area contributed by atoms with Gasteiger partial charge in [0.2, 0.25) is 5.91 Å². The number of para-hydroxylation sites is 1. The van der Waals surface area contributed by atoms with Crippen molar-refractivity contribution in [3.05, 3.63) is 75.8 Å². The van der Waals surface area contributed by atoms with Crippen LogP contribution in [-0.2, 0) is 17.6 Å². The molecule has 0 fully saturated rings. The minimum absolute atomic E-state index is 0.0116. The lowest BCUT2D eigenvalue weighted by molar-refractivity contribution is -0.121. The number of aromatic amines is 1. The molecule has 1 aliphatic rings. The lowest BCUT2D eigenvalue weighted by Crippen LogP contribution is -2.31. The van der Waals surface area contributed by atoms with Gasteiger partial charge in [-0.3, -0.25) is 9.59 Å². The zero-order valence-electron chi connectivity index (χ0n) is 14.5. The molecule has 0 unspecified atom stereocenters. The van der Waals surface area contributed by atoms with Crippen LogP contribution in [0.4, 0.5) is 0 Å². The maximum Gasteiger partial charge on any atom is 0.258 e. The van der Waals surface area contributed by atoms with Gasteiger partial charge in [-0.2, -0.15) is 0 Å². The molecule has 1 aliphatic carbocycles. The zero-order chi connectivity index (χ0) is 17.9. The Kier molecular flexibility index (Phi) is 4.52. The third-order valence-electron chi connectivity index (χ3n) is 4.96. The third kappa shape index (κ3) is 3.38. The van der Waals surface area contributed by atoms with Gasteiger partial charge < -0.3 is 10.3 Å². The molecule has 5 heteroatoms. The monoisotopic (exact) mass is 347 g/mol. The number of fused-ring (bicyclic) bond motifs is 2. The van der Waals surface area contributed by atoms with E-state index in [1.165, 1.54) is 11.1 Å². The summed E-state index contributed by atoms with van der Waals surface area (Å²) in [6, 6.07) is 15.6. The van der Waals surface area contributed by atoms with Gasteiger partial charge in [0, 0.05) is 12.8 Å². The number of amides is 1. The van der Waals surface area contributed by atoms with Crippen LogP contribution >= 0.6 is 0 Å². The minimum atomic E-state index is -0.160. The average molecular weight is 347 g/mol. The maximum atomic E-state index is 12.4. The second-order valence-corrected chi connectivity index (χ2v) is 6.74. The fourth-order valence-electron chi connectivity index (χ4n) is 3.66. The molecule has 26 heavy (non-hydrogen) atoms. The van der Waals surface area contributed by atoms with E-state index in [0.29, 0.717) is 29.6 Å². The average Bonchev–Trinajstić information content (AvgIpc) is 2.67. The van der Waals surface area contributed by atoms with Crippen LogP contribution < -0.4 is 10.9 Å². The lowest BCUT2D eigenvalue weighted by atomic mass is 9.87. The predicted octanol–water partition coefficient (Wildman–Crippen LogP) is 3.05. The van der Waals surface area contributed by atoms with Crippen LogP contribution in [-0.4, -0.2) is 15.9 Å². The number of benzene rings is 2. The molecule has 1 aromatic heterocycles. The van der Waals surface area contributed by atoms with E-state index in [0.717, 1.165) is 19.3 Å². The van der Waals surface area contributed by atoms with Crippen molar-refractivity contribution in [2.75, 3.05) is 0 Å². The van der Waals surface area contributed by atoms with Crippen LogP contribution in [0, 0.1) is 0 Å². The number of rotatable bonds is 4. The Hall–Kier alpha value is -2.95. The quantitative estimate of drug-likeness (QED) is 0.762. The number of aromatic nitrogens is 2. The van der Waals surface area contributed by atoms with Crippen molar-refractivity contribution in [1.29, 1.82) is 0 Å². The van der Waals surface area contributed by atoms with Gasteiger partial charge in [-0.1, -0.05) is 36.4 Å². The van der Waals surface area contributed by atoms with E-state index < -0.39 is 0 Å². The van der Waals surface area contributed by atoms with Gasteiger partial charge in [-0.05, 0) is 42.5 Å². The molecule has 1 atom stereocenters. The molecule has 3 aromatic rings. The minimum Gasteiger partial charge on any atom is -0.349 e. The van der Waals surface area contributed by atoms with Crippen molar-refractivity contribution in [3.8, 4) is 0 Å². The van der Waals surface area contributed by atoms with Gasteiger partial charge in [0.1, 0.15) is 5.82 Å². The first-order chi connectivity index (χ1) is 12.7. The molecule has 0 saturated heterocycles. The lowest BCUT2D eigenvalue weighted by Gasteiger charge is -2.26. The summed E-state index contributed by atoms with van der Waals surface area (Å²) in [5.74, 6) is 0.537. The summed E-state index contributed by atoms with van der Waals surface area (Å²) >= 11 is 0. The Bertz CT molecular complexity index is 1010. The van der Waals surface area contributed by atoms with Crippen LogP contribution in [0.5, 0.6) is 0 Å². The van der Waals surface area contributed by atoms with Crippen molar-refractivity contribution in [2.24, 2.45) is 0 Å². The van der Waals surface area contributed by atoms with E-state index in [9.17, 15) is 9.59 Å². The van der Waals surface area contributed by atoms with Crippen LogP contribution in [0.15, 0.2) is 53.3 Å². The summed E-state index contributed by atoms with van der Waals surface area (Å²) in [7, 11) is 0. The van der Waals surface area contributed by atoms with E-state index in [1.54, 1.807) is 6.07 Å². The Balaban J connectivity index is 1.43. The summed E-state index contributed by atoms with van der Waals surface area (Å²) in [6.45, 7) is 0. The fraction of sp³-hybridized carbons (Fsp3) is 0.286. The number of hydrogen-bond acceptors (Lipinski definition) is 3. The summed E-state index contributed by atoms with van der Waals surface area (Å²) < 4.78 is 0. The second-order valence-electron chi connectivity index (χ2n) is 6.74. The van der Waals surface area contributed by atoms with Crippen LogP contribution in [0.3, 0.4) is 0 Å². The van der Waals surface area contributed by atoms with Crippen LogP contribution in [0.25, 0.3) is 10.9 Å². The standard InChI is InChI=1S/C21H21N3O2/c25-20(23-17-11-5-7-14-6-1-2-8-15(14)17)13-12-19-22-18-10-4-3-9-16(18)21(26)24-19/h1-4,6,8-10,17H,5,7,11-13H2,(H,23,25)(H,22,24,26)/t17-/m1/s1. The van der Waals surface area contributed by atoms with Crippen molar-refractivity contribution in [3.63, 3.8) is 0 Å². The molecule has 5 nitrogen and oxygen atoms in total. The summed E-state index contributed by atoms with van der Waals surface area (Å²) in [5, 5.41) is 3.71. The van der Waals surface area contributed by atoms with Gasteiger partial charge >= 0.3 is 0 Å². The topological polar surface area (TPSA) is 74.8 Å². The normalized spacial score (nSPS) is 16.2. The van der Waals surface area contributed by atoms with E-state index in [4.69, 9.17) is 0 Å². The maximum absolute atomic E-state index is 12.4. The van der Waals surface area contributed by atoms with Gasteiger partial charge in [-0.25, -0.2) is 4.98 Å². The molecular weight excluding hydrogens is 326 g/mol. The van der Waals surface area contributed by atoms with E-state index >= 15 is 0 Å². The van der Waals surface area contributed by atoms with Gasteiger partial charge in [0.25, 0.3) is 5.56 Å². The molecular formula is C21H21N3O2. The Morgan fingerprint density at radius 2 is 1.96 bits per heavy atom. The highest BCUT2D eigenvalue weighted by atomic mass is 16.1. The molecule has 2 N–H and O–H groups in total. The smallest absolute Gasteiger partial charge is 0.258 e. The highest BCUT2D eigenvalue weighted by Gasteiger charge is 2.21. The number of H-pyrrole nitrogens is 1. The molecule has 0 aliphatic heterocycles. The first-order valence-corrected chi connectivity index (χ1v) is 9.06. The molecule has 0 spiro atoms. The summed E-state index contributed by atoms with van der Waals surface area (Å²) in [5.41, 5.74) is 3.05. The molecule has 0 radical (unpaired) electrons. The predicted molar refractivity (Wildman–Crippen MR) is 101 cm³/mol.